The summed E-state index contributed by atoms with van der Waals surface area (Å²) in [5.41, 5.74) is 7.15. The van der Waals surface area contributed by atoms with Crippen LogP contribution >= 0.6 is 0 Å². The number of halogens is 1. The lowest BCUT2D eigenvalue weighted by Crippen LogP contribution is -2.23. The number of hydrogen-bond donors (Lipinski definition) is 2. The molecular formula is C15H15FN2O2. The first-order valence-electron chi connectivity index (χ1n) is 6.12. The number of carbonyl (C=O) groups excluding carboxylic acids is 1. The molecule has 0 aliphatic carbocycles. The number of ether oxygens (including phenoxy) is 1. The van der Waals surface area contributed by atoms with Gasteiger partial charge in [0.05, 0.1) is 12.7 Å². The Labute approximate surface area is 116 Å². The number of carbonyl (C=O) groups is 1. The molecule has 0 aliphatic heterocycles. The summed E-state index contributed by atoms with van der Waals surface area (Å²) < 4.78 is 18.4. The molecule has 2 N–H and O–H groups in total. The van der Waals surface area contributed by atoms with Crippen LogP contribution in [0.15, 0.2) is 48.5 Å². The summed E-state index contributed by atoms with van der Waals surface area (Å²) in [6, 6.07) is 13.7. The SMILES string of the molecule is COC(=O)c1cccc(F)c1CNNc1ccccc1. The third kappa shape index (κ3) is 3.33. The highest BCUT2D eigenvalue weighted by atomic mass is 19.1. The third-order valence-corrected chi connectivity index (χ3v) is 2.80. The number of anilines is 1. The van der Waals surface area contributed by atoms with Crippen molar-refractivity contribution in [1.82, 2.24) is 5.43 Å². The molecule has 0 heterocycles. The van der Waals surface area contributed by atoms with E-state index in [-0.39, 0.29) is 17.7 Å². The summed E-state index contributed by atoms with van der Waals surface area (Å²) in [6.07, 6.45) is 0. The minimum Gasteiger partial charge on any atom is -0.465 e. The van der Waals surface area contributed by atoms with E-state index in [1.165, 1.54) is 25.3 Å². The molecule has 2 aromatic rings. The lowest BCUT2D eigenvalue weighted by molar-refractivity contribution is 0.0598. The van der Waals surface area contributed by atoms with Crippen molar-refractivity contribution in [2.24, 2.45) is 0 Å². The number of rotatable bonds is 5. The van der Waals surface area contributed by atoms with Gasteiger partial charge in [0.1, 0.15) is 5.82 Å². The Hall–Kier alpha value is -2.40. The van der Waals surface area contributed by atoms with Crippen molar-refractivity contribution in [3.8, 4) is 0 Å². The molecular weight excluding hydrogens is 259 g/mol. The first-order chi connectivity index (χ1) is 9.72. The Kier molecular flexibility index (Phi) is 4.68. The molecule has 2 aromatic carbocycles. The number of para-hydroxylation sites is 1. The largest absolute Gasteiger partial charge is 0.465 e. The first kappa shape index (κ1) is 14.0. The lowest BCUT2D eigenvalue weighted by atomic mass is 10.1. The van der Waals surface area contributed by atoms with Gasteiger partial charge in [-0.25, -0.2) is 14.6 Å². The smallest absolute Gasteiger partial charge is 0.338 e. The molecule has 0 aliphatic rings. The van der Waals surface area contributed by atoms with Gasteiger partial charge in [-0.15, -0.1) is 0 Å². The molecule has 104 valence electrons. The molecule has 2 rings (SSSR count). The van der Waals surface area contributed by atoms with Gasteiger partial charge in [0.15, 0.2) is 0 Å². The number of hydrogen-bond acceptors (Lipinski definition) is 4. The van der Waals surface area contributed by atoms with Gasteiger partial charge in [-0.1, -0.05) is 24.3 Å². The molecule has 0 fully saturated rings. The zero-order valence-electron chi connectivity index (χ0n) is 11.0. The molecule has 0 spiro atoms. The van der Waals surface area contributed by atoms with E-state index in [4.69, 9.17) is 0 Å². The fraction of sp³-hybridized carbons (Fsp3) is 0.133. The van der Waals surface area contributed by atoms with Crippen molar-refractivity contribution in [1.29, 1.82) is 0 Å². The van der Waals surface area contributed by atoms with E-state index in [2.05, 4.69) is 15.6 Å². The number of benzene rings is 2. The van der Waals surface area contributed by atoms with Crippen LogP contribution in [-0.4, -0.2) is 13.1 Å². The normalized spacial score (nSPS) is 10.1. The summed E-state index contributed by atoms with van der Waals surface area (Å²) in [7, 11) is 1.27. The van der Waals surface area contributed by atoms with E-state index < -0.39 is 11.8 Å². The van der Waals surface area contributed by atoms with Gasteiger partial charge in [-0.05, 0) is 24.3 Å². The van der Waals surface area contributed by atoms with Crippen LogP contribution < -0.4 is 10.9 Å². The van der Waals surface area contributed by atoms with Crippen molar-refractivity contribution >= 4 is 11.7 Å². The molecule has 5 heteroatoms. The first-order valence-corrected chi connectivity index (χ1v) is 6.12. The number of nitrogens with one attached hydrogen (secondary N) is 2. The fourth-order valence-corrected chi connectivity index (χ4v) is 1.80. The average molecular weight is 274 g/mol. The number of hydrazine groups is 1. The Bertz CT molecular complexity index is 588. The van der Waals surface area contributed by atoms with Gasteiger partial charge < -0.3 is 10.2 Å². The zero-order valence-corrected chi connectivity index (χ0v) is 11.0. The van der Waals surface area contributed by atoms with Gasteiger partial charge in [-0.3, -0.25) is 0 Å². The van der Waals surface area contributed by atoms with Crippen molar-refractivity contribution in [2.75, 3.05) is 12.5 Å². The second-order valence-electron chi connectivity index (χ2n) is 4.10. The Morgan fingerprint density at radius 3 is 2.60 bits per heavy atom. The highest BCUT2D eigenvalue weighted by Crippen LogP contribution is 2.14. The fourth-order valence-electron chi connectivity index (χ4n) is 1.80. The van der Waals surface area contributed by atoms with E-state index in [9.17, 15) is 9.18 Å². The summed E-state index contributed by atoms with van der Waals surface area (Å²) in [5, 5.41) is 0. The van der Waals surface area contributed by atoms with Crippen LogP contribution in [0.25, 0.3) is 0 Å². The van der Waals surface area contributed by atoms with Crippen LogP contribution in [0.5, 0.6) is 0 Å². The van der Waals surface area contributed by atoms with Crippen molar-refractivity contribution < 1.29 is 13.9 Å². The predicted octanol–water partition coefficient (Wildman–Crippen LogP) is 2.73. The van der Waals surface area contributed by atoms with E-state index in [0.717, 1.165) is 5.69 Å². The van der Waals surface area contributed by atoms with Crippen molar-refractivity contribution in [3.63, 3.8) is 0 Å². The zero-order chi connectivity index (χ0) is 14.4. The maximum absolute atomic E-state index is 13.8. The summed E-state index contributed by atoms with van der Waals surface area (Å²) in [5.74, 6) is -1.00. The Morgan fingerprint density at radius 2 is 1.90 bits per heavy atom. The number of esters is 1. The molecule has 0 radical (unpaired) electrons. The molecule has 20 heavy (non-hydrogen) atoms. The minimum absolute atomic E-state index is 0.159. The second-order valence-corrected chi connectivity index (χ2v) is 4.10. The molecule has 0 bridgehead atoms. The van der Waals surface area contributed by atoms with Gasteiger partial charge in [0.25, 0.3) is 0 Å². The molecule has 0 amide bonds. The molecule has 0 unspecified atom stereocenters. The Morgan fingerprint density at radius 1 is 1.15 bits per heavy atom. The summed E-state index contributed by atoms with van der Waals surface area (Å²) >= 11 is 0. The minimum atomic E-state index is -0.555. The predicted molar refractivity (Wildman–Crippen MR) is 74.6 cm³/mol. The molecule has 0 aromatic heterocycles. The number of methoxy groups -OCH3 is 1. The molecule has 4 nitrogen and oxygen atoms in total. The maximum Gasteiger partial charge on any atom is 0.338 e. The van der Waals surface area contributed by atoms with Crippen LogP contribution in [0, 0.1) is 5.82 Å². The monoisotopic (exact) mass is 274 g/mol. The average Bonchev–Trinajstić information content (AvgIpc) is 2.49. The van der Waals surface area contributed by atoms with E-state index in [1.54, 1.807) is 0 Å². The van der Waals surface area contributed by atoms with Gasteiger partial charge in [0, 0.05) is 17.8 Å². The van der Waals surface area contributed by atoms with Crippen LogP contribution in [0.4, 0.5) is 10.1 Å². The molecule has 0 atom stereocenters. The Balaban J connectivity index is 2.07. The van der Waals surface area contributed by atoms with Gasteiger partial charge in [0.2, 0.25) is 0 Å². The highest BCUT2D eigenvalue weighted by molar-refractivity contribution is 5.91. The highest BCUT2D eigenvalue weighted by Gasteiger charge is 2.14. The quantitative estimate of drug-likeness (QED) is 0.650. The second kappa shape index (κ2) is 6.68. The van der Waals surface area contributed by atoms with Gasteiger partial charge >= 0.3 is 5.97 Å². The standard InChI is InChI=1S/C15H15FN2O2/c1-20-15(19)12-8-5-9-14(16)13(12)10-17-18-11-6-3-2-4-7-11/h2-9,17-18H,10H2,1H3. The lowest BCUT2D eigenvalue weighted by Gasteiger charge is -2.12. The summed E-state index contributed by atoms with van der Waals surface area (Å²) in [6.45, 7) is 0.159. The summed E-state index contributed by atoms with van der Waals surface area (Å²) in [4.78, 5) is 11.6. The van der Waals surface area contributed by atoms with E-state index in [0.29, 0.717) is 0 Å². The van der Waals surface area contributed by atoms with E-state index >= 15 is 0 Å². The van der Waals surface area contributed by atoms with Crippen molar-refractivity contribution in [2.45, 2.75) is 6.54 Å². The molecule has 0 saturated heterocycles. The third-order valence-electron chi connectivity index (χ3n) is 2.80. The van der Waals surface area contributed by atoms with Crippen LogP contribution in [-0.2, 0) is 11.3 Å². The van der Waals surface area contributed by atoms with Crippen LogP contribution in [0.2, 0.25) is 0 Å². The maximum atomic E-state index is 13.8. The van der Waals surface area contributed by atoms with Crippen molar-refractivity contribution in [3.05, 3.63) is 65.5 Å². The van der Waals surface area contributed by atoms with E-state index in [1.807, 2.05) is 30.3 Å². The molecule has 0 saturated carbocycles. The van der Waals surface area contributed by atoms with Crippen LogP contribution in [0.1, 0.15) is 15.9 Å². The topological polar surface area (TPSA) is 50.4 Å². The van der Waals surface area contributed by atoms with Crippen LogP contribution in [0.3, 0.4) is 0 Å². The van der Waals surface area contributed by atoms with Gasteiger partial charge in [-0.2, -0.15) is 0 Å².